The molecule has 39 heavy (non-hydrogen) atoms. The van der Waals surface area contributed by atoms with E-state index in [2.05, 4.69) is 10.3 Å². The molecule has 1 N–H and O–H groups in total. The average molecular weight is 586 g/mol. The molecular weight excluding hydrogens is 559 g/mol. The van der Waals surface area contributed by atoms with Crippen molar-refractivity contribution < 1.29 is 9.53 Å². The summed E-state index contributed by atoms with van der Waals surface area (Å²) in [6.07, 6.45) is 7.45. The molecule has 0 saturated heterocycles. The minimum Gasteiger partial charge on any atom is -0.495 e. The van der Waals surface area contributed by atoms with E-state index < -0.39 is 0 Å². The largest absolute Gasteiger partial charge is 0.495 e. The van der Waals surface area contributed by atoms with Crippen LogP contribution >= 0.6 is 34.8 Å². The van der Waals surface area contributed by atoms with Crippen LogP contribution in [0.15, 0.2) is 60.9 Å². The molecule has 0 bridgehead atoms. The molecule has 2 aromatic heterocycles. The topological polar surface area (TPSA) is 85.2 Å². The maximum absolute atomic E-state index is 13.5. The molecule has 2 amide bonds. The molecule has 0 aliphatic heterocycles. The smallest absolute Gasteiger partial charge is 0.322 e. The summed E-state index contributed by atoms with van der Waals surface area (Å²) in [6.45, 7) is 0.842. The molecule has 0 radical (unpaired) electrons. The van der Waals surface area contributed by atoms with Gasteiger partial charge in [0.05, 0.1) is 29.4 Å². The van der Waals surface area contributed by atoms with Crippen LogP contribution in [0.1, 0.15) is 25.7 Å². The maximum Gasteiger partial charge on any atom is 0.322 e. The molecule has 0 unspecified atom stereocenters. The van der Waals surface area contributed by atoms with E-state index in [1.54, 1.807) is 49.8 Å². The number of carbonyl (C=O) groups is 1. The van der Waals surface area contributed by atoms with Crippen molar-refractivity contribution in [3.63, 3.8) is 0 Å². The molecule has 11 heteroatoms. The van der Waals surface area contributed by atoms with Crippen LogP contribution in [0, 0.1) is 0 Å². The lowest BCUT2D eigenvalue weighted by atomic mass is 10.2. The van der Waals surface area contributed by atoms with E-state index in [0.717, 1.165) is 36.8 Å². The highest BCUT2D eigenvalue weighted by molar-refractivity contribution is 6.35. The zero-order chi connectivity index (χ0) is 27.4. The standard InChI is InChI=1S/C28H27Cl3N6O2/c1-39-25-9-6-19(16-23(25)31)27-34-26(18-10-12-32-13-11-18)35-37(27)15-14-36(21-4-2-3-5-21)28(38)33-24-17-20(29)7-8-22(24)30/h6-13,16-17,21H,2-5,14-15H2,1H3,(H,33,38). The first-order valence-electron chi connectivity index (χ1n) is 12.6. The fourth-order valence-corrected chi connectivity index (χ4v) is 5.38. The predicted octanol–water partition coefficient (Wildman–Crippen LogP) is 7.45. The third-order valence-corrected chi connectivity index (χ3v) is 7.63. The Kier molecular flexibility index (Phi) is 8.55. The lowest BCUT2D eigenvalue weighted by Gasteiger charge is -2.29. The quantitative estimate of drug-likeness (QED) is 0.232. The van der Waals surface area contributed by atoms with Crippen molar-refractivity contribution in [1.29, 1.82) is 0 Å². The second-order valence-electron chi connectivity index (χ2n) is 9.25. The lowest BCUT2D eigenvalue weighted by molar-refractivity contribution is 0.184. The summed E-state index contributed by atoms with van der Waals surface area (Å²) >= 11 is 18.9. The van der Waals surface area contributed by atoms with Gasteiger partial charge in [0.1, 0.15) is 5.75 Å². The molecule has 4 aromatic rings. The molecule has 5 rings (SSSR count). The van der Waals surface area contributed by atoms with Crippen LogP contribution < -0.4 is 10.1 Å². The van der Waals surface area contributed by atoms with Crippen molar-refractivity contribution in [3.8, 4) is 28.5 Å². The first-order valence-corrected chi connectivity index (χ1v) is 13.8. The van der Waals surface area contributed by atoms with Gasteiger partial charge >= 0.3 is 6.03 Å². The molecule has 0 spiro atoms. The van der Waals surface area contributed by atoms with Gasteiger partial charge in [0, 0.05) is 41.1 Å². The summed E-state index contributed by atoms with van der Waals surface area (Å²) in [5.74, 6) is 1.77. The zero-order valence-corrected chi connectivity index (χ0v) is 23.5. The molecule has 202 valence electrons. The number of carbonyl (C=O) groups excluding carboxylic acids is 1. The second-order valence-corrected chi connectivity index (χ2v) is 10.5. The summed E-state index contributed by atoms with van der Waals surface area (Å²) in [7, 11) is 1.57. The summed E-state index contributed by atoms with van der Waals surface area (Å²) in [5.41, 5.74) is 2.10. The number of hydrogen-bond donors (Lipinski definition) is 1. The Hall–Kier alpha value is -3.33. The number of benzene rings is 2. The van der Waals surface area contributed by atoms with Crippen molar-refractivity contribution in [2.24, 2.45) is 0 Å². The van der Waals surface area contributed by atoms with Crippen LogP contribution in [0.4, 0.5) is 10.5 Å². The fourth-order valence-electron chi connectivity index (χ4n) is 4.79. The maximum atomic E-state index is 13.5. The minimum atomic E-state index is -0.227. The van der Waals surface area contributed by atoms with Gasteiger partial charge in [0.2, 0.25) is 0 Å². The monoisotopic (exact) mass is 584 g/mol. The van der Waals surface area contributed by atoms with E-state index in [0.29, 0.717) is 51.2 Å². The van der Waals surface area contributed by atoms with Crippen molar-refractivity contribution in [2.45, 2.75) is 38.3 Å². The van der Waals surface area contributed by atoms with E-state index >= 15 is 0 Å². The molecule has 1 aliphatic rings. The fraction of sp³-hybridized carbons (Fsp3) is 0.286. The Morgan fingerprint density at radius 2 is 1.79 bits per heavy atom. The zero-order valence-electron chi connectivity index (χ0n) is 21.3. The lowest BCUT2D eigenvalue weighted by Crippen LogP contribution is -2.43. The van der Waals surface area contributed by atoms with Gasteiger partial charge in [-0.15, -0.1) is 0 Å². The van der Waals surface area contributed by atoms with Crippen molar-refractivity contribution in [1.82, 2.24) is 24.6 Å². The summed E-state index contributed by atoms with van der Waals surface area (Å²) in [4.78, 5) is 24.3. The summed E-state index contributed by atoms with van der Waals surface area (Å²) < 4.78 is 7.13. The number of nitrogens with zero attached hydrogens (tertiary/aromatic N) is 5. The van der Waals surface area contributed by atoms with Gasteiger partial charge in [-0.2, -0.15) is 5.10 Å². The van der Waals surface area contributed by atoms with E-state index in [1.165, 1.54) is 0 Å². The van der Waals surface area contributed by atoms with Crippen LogP contribution in [-0.2, 0) is 6.54 Å². The first-order chi connectivity index (χ1) is 18.9. The second kappa shape index (κ2) is 12.2. The molecule has 1 fully saturated rings. The van der Waals surface area contributed by atoms with Crippen molar-refractivity contribution >= 4 is 46.5 Å². The normalized spacial score (nSPS) is 13.4. The van der Waals surface area contributed by atoms with E-state index in [-0.39, 0.29) is 12.1 Å². The Morgan fingerprint density at radius 3 is 2.51 bits per heavy atom. The summed E-state index contributed by atoms with van der Waals surface area (Å²) in [6, 6.07) is 14.1. The first kappa shape index (κ1) is 27.2. The Balaban J connectivity index is 1.45. The number of pyridine rings is 1. The number of anilines is 1. The SMILES string of the molecule is COc1ccc(-c2nc(-c3ccncc3)nn2CCN(C(=O)Nc2cc(Cl)ccc2Cl)C2CCCC2)cc1Cl. The van der Waals surface area contributed by atoms with Crippen LogP contribution in [0.3, 0.4) is 0 Å². The van der Waals surface area contributed by atoms with Gasteiger partial charge in [0.15, 0.2) is 11.6 Å². The number of aromatic nitrogens is 4. The number of amides is 2. The Morgan fingerprint density at radius 1 is 1.03 bits per heavy atom. The van der Waals surface area contributed by atoms with Crippen molar-refractivity contribution in [2.75, 3.05) is 19.0 Å². The van der Waals surface area contributed by atoms with Gasteiger partial charge in [-0.1, -0.05) is 47.6 Å². The van der Waals surface area contributed by atoms with Crippen LogP contribution in [-0.4, -0.2) is 50.4 Å². The Labute approximate surface area is 241 Å². The number of nitrogens with one attached hydrogen (secondary N) is 1. The molecule has 1 aliphatic carbocycles. The van der Waals surface area contributed by atoms with Gasteiger partial charge < -0.3 is 15.0 Å². The molecule has 1 saturated carbocycles. The highest BCUT2D eigenvalue weighted by atomic mass is 35.5. The van der Waals surface area contributed by atoms with Gasteiger partial charge in [-0.05, 0) is 61.4 Å². The minimum absolute atomic E-state index is 0.116. The third kappa shape index (κ3) is 6.30. The number of urea groups is 1. The number of halogens is 3. The summed E-state index contributed by atoms with van der Waals surface area (Å²) in [5, 5.41) is 9.15. The molecule has 2 heterocycles. The van der Waals surface area contributed by atoms with Crippen LogP contribution in [0.25, 0.3) is 22.8 Å². The van der Waals surface area contributed by atoms with Crippen LogP contribution in [0.5, 0.6) is 5.75 Å². The molecule has 0 atom stereocenters. The average Bonchev–Trinajstić information content (AvgIpc) is 3.62. The van der Waals surface area contributed by atoms with Gasteiger partial charge in [-0.25, -0.2) is 14.5 Å². The van der Waals surface area contributed by atoms with E-state index in [9.17, 15) is 4.79 Å². The number of methoxy groups -OCH3 is 1. The number of hydrogen-bond acceptors (Lipinski definition) is 5. The third-order valence-electron chi connectivity index (χ3n) is 6.77. The molecule has 8 nitrogen and oxygen atoms in total. The number of rotatable bonds is 8. The van der Waals surface area contributed by atoms with Gasteiger partial charge in [0.25, 0.3) is 0 Å². The molecule has 2 aromatic carbocycles. The van der Waals surface area contributed by atoms with Gasteiger partial charge in [-0.3, -0.25) is 4.98 Å². The molecular formula is C28H27Cl3N6O2. The van der Waals surface area contributed by atoms with Crippen LogP contribution in [0.2, 0.25) is 15.1 Å². The highest BCUT2D eigenvalue weighted by Gasteiger charge is 2.28. The van der Waals surface area contributed by atoms with E-state index in [4.69, 9.17) is 49.6 Å². The predicted molar refractivity (Wildman–Crippen MR) is 155 cm³/mol. The number of ether oxygens (including phenoxy) is 1. The highest BCUT2D eigenvalue weighted by Crippen LogP contribution is 2.31. The van der Waals surface area contributed by atoms with Crippen molar-refractivity contribution in [3.05, 3.63) is 76.0 Å². The van der Waals surface area contributed by atoms with E-state index in [1.807, 2.05) is 27.8 Å². The Bertz CT molecular complexity index is 1460.